The second-order valence-corrected chi connectivity index (χ2v) is 14.8. The molecule has 0 spiro atoms. The largest absolute Gasteiger partial charge is 1.00 e. The van der Waals surface area contributed by atoms with E-state index in [1.54, 1.807) is 6.92 Å². The number of nitrogens with one attached hydrogen (secondary N) is 2. The van der Waals surface area contributed by atoms with Gasteiger partial charge in [0.2, 0.25) is 27.6 Å². The van der Waals surface area contributed by atoms with Gasteiger partial charge in [0.25, 0.3) is 5.56 Å². The first-order valence-electron chi connectivity index (χ1n) is 13.9. The minimum absolute atomic E-state index is 0. The molecule has 268 valence electrons. The number of anilines is 4. The topological polar surface area (TPSA) is 313 Å². The van der Waals surface area contributed by atoms with Crippen LogP contribution < -0.4 is 81.0 Å². The second kappa shape index (κ2) is 18.6. The molecule has 0 unspecified atom stereocenters. The first kappa shape index (κ1) is 45.5. The third kappa shape index (κ3) is 11.7. The van der Waals surface area contributed by atoms with E-state index in [0.717, 1.165) is 16.7 Å². The molecule has 20 nitrogen and oxygen atoms in total. The second-order valence-electron chi connectivity index (χ2n) is 9.94. The van der Waals surface area contributed by atoms with Crippen molar-refractivity contribution in [2.45, 2.75) is 36.7 Å². The maximum Gasteiger partial charge on any atom is 1.00 e. The van der Waals surface area contributed by atoms with Crippen LogP contribution in [0, 0.1) is 6.92 Å². The summed E-state index contributed by atoms with van der Waals surface area (Å²) in [4.78, 5) is 24.1. The van der Waals surface area contributed by atoms with Crippen molar-refractivity contribution in [1.29, 1.82) is 0 Å². The van der Waals surface area contributed by atoms with Crippen molar-refractivity contribution in [3.05, 3.63) is 69.2 Å². The molecule has 2 heterocycles. The summed E-state index contributed by atoms with van der Waals surface area (Å²) in [7, 11) is -14.1. The number of hydrogen-bond donors (Lipinski definition) is 4. The van der Waals surface area contributed by atoms with Crippen molar-refractivity contribution in [3.63, 3.8) is 0 Å². The molecular formula is C26H26ClN9Na2O11S3. The Bertz CT molecular complexity index is 2370. The Morgan fingerprint density at radius 2 is 1.52 bits per heavy atom. The van der Waals surface area contributed by atoms with Gasteiger partial charge in [0.05, 0.1) is 22.2 Å². The zero-order valence-electron chi connectivity index (χ0n) is 27.8. The number of aromatic nitrogens is 4. The van der Waals surface area contributed by atoms with Crippen molar-refractivity contribution in [1.82, 2.24) is 19.5 Å². The molecule has 0 saturated heterocycles. The van der Waals surface area contributed by atoms with Gasteiger partial charge in [-0.25, -0.2) is 25.3 Å². The molecule has 0 bridgehead atoms. The molecular weight excluding hydrogens is 792 g/mol. The van der Waals surface area contributed by atoms with E-state index in [0.29, 0.717) is 0 Å². The van der Waals surface area contributed by atoms with E-state index < -0.39 is 58.9 Å². The predicted molar refractivity (Wildman–Crippen MR) is 175 cm³/mol. The summed E-state index contributed by atoms with van der Waals surface area (Å²) in [6.07, 6.45) is 0. The summed E-state index contributed by atoms with van der Waals surface area (Å²) in [5.41, 5.74) is 5.09. The Morgan fingerprint density at radius 1 is 0.942 bits per heavy atom. The number of aromatic hydroxyl groups is 1. The van der Waals surface area contributed by atoms with Crippen LogP contribution in [0.15, 0.2) is 67.3 Å². The molecule has 2 aromatic heterocycles. The van der Waals surface area contributed by atoms with Gasteiger partial charge < -0.3 is 30.6 Å². The standard InChI is InChI=1S/C26H28ClN9O11S3.2Na/c1-3-36-22(37)18(13-28)14(2)21(23(36)38)35-34-19-12-16(6-9-20(19)49(41,42)43)30-26-32-24(27)31-25(33-26)29-15-4-7-17(8-5-15)48(39,40)11-10-47-50(44,45)46;;/h4-9,12,37H,3,10-11,13,28H2,1-2H3,(H,41,42,43)(H,44,45,46)(H2,29,30,31,32,33);;/q;2*+1/p-2. The molecule has 0 fully saturated rings. The first-order valence-corrected chi connectivity index (χ1v) is 18.7. The van der Waals surface area contributed by atoms with Gasteiger partial charge in [-0.05, 0) is 73.5 Å². The van der Waals surface area contributed by atoms with Crippen molar-refractivity contribution < 1.29 is 103 Å². The molecule has 0 saturated carbocycles. The fraction of sp³-hybridized carbons (Fsp3) is 0.231. The maximum atomic E-state index is 13.0. The fourth-order valence-electron chi connectivity index (χ4n) is 4.33. The van der Waals surface area contributed by atoms with Crippen molar-refractivity contribution in [2.24, 2.45) is 16.0 Å². The molecule has 4 rings (SSSR count). The first-order chi connectivity index (χ1) is 23.3. The molecule has 0 radical (unpaired) electrons. The Kier molecular flexibility index (Phi) is 16.3. The Balaban J connectivity index is 0.00000468. The van der Waals surface area contributed by atoms with Gasteiger partial charge in [-0.15, -0.1) is 10.2 Å². The average Bonchev–Trinajstić information content (AvgIpc) is 3.00. The molecule has 5 N–H and O–H groups in total. The van der Waals surface area contributed by atoms with Gasteiger partial charge in [-0.2, -0.15) is 15.0 Å². The summed E-state index contributed by atoms with van der Waals surface area (Å²) in [5, 5.41) is 23.4. The van der Waals surface area contributed by atoms with E-state index in [1.165, 1.54) is 37.3 Å². The molecule has 0 aliphatic heterocycles. The number of nitrogens with two attached hydrogens (primary N) is 1. The van der Waals surface area contributed by atoms with Gasteiger partial charge in [0.1, 0.15) is 15.8 Å². The normalized spacial score (nSPS) is 11.9. The third-order valence-corrected chi connectivity index (χ3v) is 9.90. The van der Waals surface area contributed by atoms with Crippen molar-refractivity contribution in [2.75, 3.05) is 23.0 Å². The van der Waals surface area contributed by atoms with E-state index in [9.17, 15) is 44.3 Å². The smallest absolute Gasteiger partial charge is 0.744 e. The Labute approximate surface area is 346 Å². The number of sulfone groups is 1. The van der Waals surface area contributed by atoms with Gasteiger partial charge >= 0.3 is 59.1 Å². The van der Waals surface area contributed by atoms with Crippen LogP contribution in [-0.4, -0.2) is 71.3 Å². The molecule has 52 heavy (non-hydrogen) atoms. The van der Waals surface area contributed by atoms with E-state index >= 15 is 0 Å². The van der Waals surface area contributed by atoms with E-state index in [1.807, 2.05) is 0 Å². The number of halogens is 1. The molecule has 26 heteroatoms. The Morgan fingerprint density at radius 3 is 2.06 bits per heavy atom. The summed E-state index contributed by atoms with van der Waals surface area (Å²) >= 11 is 6.06. The molecule has 0 aliphatic rings. The van der Waals surface area contributed by atoms with Crippen molar-refractivity contribution in [3.8, 4) is 5.88 Å². The van der Waals surface area contributed by atoms with Crippen LogP contribution in [0.1, 0.15) is 18.1 Å². The van der Waals surface area contributed by atoms with Crippen LogP contribution in [0.25, 0.3) is 0 Å². The van der Waals surface area contributed by atoms with Crippen LogP contribution in [-0.2, 0) is 47.6 Å². The monoisotopic (exact) mass is 817 g/mol. The minimum atomic E-state index is -5.08. The van der Waals surface area contributed by atoms with Gasteiger partial charge in [0, 0.05) is 30.0 Å². The zero-order valence-corrected chi connectivity index (χ0v) is 35.0. The van der Waals surface area contributed by atoms with Gasteiger partial charge in [-0.3, -0.25) is 13.5 Å². The number of pyridine rings is 1. The van der Waals surface area contributed by atoms with Crippen LogP contribution in [0.3, 0.4) is 0 Å². The summed E-state index contributed by atoms with van der Waals surface area (Å²) in [6.45, 7) is 2.13. The quantitative estimate of drug-likeness (QED) is 0.0411. The minimum Gasteiger partial charge on any atom is -0.744 e. The third-order valence-electron chi connectivity index (χ3n) is 6.70. The molecule has 0 amide bonds. The van der Waals surface area contributed by atoms with E-state index in [2.05, 4.69) is 40.0 Å². The average molecular weight is 818 g/mol. The summed E-state index contributed by atoms with van der Waals surface area (Å²) in [5.74, 6) is -1.41. The van der Waals surface area contributed by atoms with Crippen LogP contribution in [0.5, 0.6) is 5.88 Å². The van der Waals surface area contributed by atoms with Gasteiger partial charge in [-0.1, -0.05) is 0 Å². The fourth-order valence-corrected chi connectivity index (χ4v) is 6.56. The van der Waals surface area contributed by atoms with E-state index in [4.69, 9.17) is 17.3 Å². The van der Waals surface area contributed by atoms with Crippen LogP contribution >= 0.6 is 11.6 Å². The van der Waals surface area contributed by atoms with Crippen LogP contribution in [0.2, 0.25) is 5.28 Å². The van der Waals surface area contributed by atoms with Crippen molar-refractivity contribution >= 4 is 76.6 Å². The summed E-state index contributed by atoms with van der Waals surface area (Å²) in [6, 6.07) is 8.33. The molecule has 0 atom stereocenters. The molecule has 4 aromatic rings. The SMILES string of the molecule is CCn1c(O)c(CN)c(C)c(N=Nc2cc(Nc3nc(Cl)nc(Nc4ccc(S(=O)(=O)CCOS(=O)(=O)[O-])cc4)n3)ccc2S(=O)(=O)[O-])c1=O.[Na+].[Na+]. The number of rotatable bonds is 14. The summed E-state index contributed by atoms with van der Waals surface area (Å²) < 4.78 is 97.5. The molecule has 2 aromatic carbocycles. The van der Waals surface area contributed by atoms with Gasteiger partial charge in [0.15, 0.2) is 21.4 Å². The number of hydrogen-bond acceptors (Lipinski definition) is 19. The number of azo groups is 1. The maximum absolute atomic E-state index is 13.0. The number of nitrogens with zero attached hydrogens (tertiary/aromatic N) is 6. The van der Waals surface area contributed by atoms with Crippen LogP contribution in [0.4, 0.5) is 34.6 Å². The molecule has 0 aliphatic carbocycles. The zero-order chi connectivity index (χ0) is 37.0. The Hall–Kier alpha value is -2.62. The predicted octanol–water partition coefficient (Wildman–Crippen LogP) is -3.76. The number of benzene rings is 2. The van der Waals surface area contributed by atoms with E-state index in [-0.39, 0.29) is 128 Å².